The standard InChI is InChI=1S/C11H20IN3/c1-9(2)13-7-11(3,4)8-15-6-10(12)5-14-15/h5-6,9,13H,7-8H2,1-4H3. The van der Waals surface area contributed by atoms with Gasteiger partial charge in [0.2, 0.25) is 0 Å². The Morgan fingerprint density at radius 3 is 2.67 bits per heavy atom. The summed E-state index contributed by atoms with van der Waals surface area (Å²) in [5.41, 5.74) is 0.235. The van der Waals surface area contributed by atoms with E-state index in [1.54, 1.807) is 0 Å². The van der Waals surface area contributed by atoms with Crippen LogP contribution in [0.15, 0.2) is 12.4 Å². The number of halogens is 1. The predicted molar refractivity (Wildman–Crippen MR) is 71.9 cm³/mol. The molecule has 1 rings (SSSR count). The van der Waals surface area contributed by atoms with Crippen molar-refractivity contribution in [2.75, 3.05) is 6.54 Å². The number of nitrogens with zero attached hydrogens (tertiary/aromatic N) is 2. The summed E-state index contributed by atoms with van der Waals surface area (Å²) < 4.78 is 3.21. The van der Waals surface area contributed by atoms with E-state index in [-0.39, 0.29) is 5.41 Å². The molecule has 15 heavy (non-hydrogen) atoms. The monoisotopic (exact) mass is 321 g/mol. The Hall–Kier alpha value is -0.100. The van der Waals surface area contributed by atoms with Crippen molar-refractivity contribution in [3.05, 3.63) is 16.0 Å². The van der Waals surface area contributed by atoms with E-state index in [1.807, 2.05) is 10.9 Å². The molecular weight excluding hydrogens is 301 g/mol. The second-order valence-corrected chi connectivity index (χ2v) is 6.30. The zero-order chi connectivity index (χ0) is 11.5. The molecule has 1 heterocycles. The molecule has 0 atom stereocenters. The first-order valence-corrected chi connectivity index (χ1v) is 6.38. The Kier molecular flexibility index (Phi) is 4.58. The second kappa shape index (κ2) is 5.30. The Labute approximate surface area is 106 Å². The third-order valence-electron chi connectivity index (χ3n) is 2.18. The largest absolute Gasteiger partial charge is 0.314 e. The fourth-order valence-electron chi connectivity index (χ4n) is 1.40. The van der Waals surface area contributed by atoms with E-state index in [9.17, 15) is 0 Å². The molecule has 1 aromatic heterocycles. The van der Waals surface area contributed by atoms with Gasteiger partial charge in [0.25, 0.3) is 0 Å². The van der Waals surface area contributed by atoms with Gasteiger partial charge in [-0.2, -0.15) is 5.10 Å². The lowest BCUT2D eigenvalue weighted by Gasteiger charge is -2.26. The lowest BCUT2D eigenvalue weighted by molar-refractivity contribution is 0.269. The first kappa shape index (κ1) is 13.0. The van der Waals surface area contributed by atoms with Crippen LogP contribution in [0.5, 0.6) is 0 Å². The second-order valence-electron chi connectivity index (χ2n) is 5.06. The van der Waals surface area contributed by atoms with E-state index in [0.717, 1.165) is 13.1 Å². The Morgan fingerprint density at radius 1 is 1.53 bits per heavy atom. The molecule has 0 amide bonds. The summed E-state index contributed by atoms with van der Waals surface area (Å²) in [6.07, 6.45) is 3.98. The Morgan fingerprint density at radius 2 is 2.20 bits per heavy atom. The normalized spacial score (nSPS) is 12.4. The fraction of sp³-hybridized carbons (Fsp3) is 0.727. The van der Waals surface area contributed by atoms with Crippen molar-refractivity contribution in [3.8, 4) is 0 Å². The van der Waals surface area contributed by atoms with Crippen LogP contribution in [0.1, 0.15) is 27.7 Å². The summed E-state index contributed by atoms with van der Waals surface area (Å²) >= 11 is 2.29. The van der Waals surface area contributed by atoms with Crippen molar-refractivity contribution in [1.29, 1.82) is 0 Å². The molecule has 4 heteroatoms. The van der Waals surface area contributed by atoms with E-state index in [2.05, 4.69) is 66.9 Å². The van der Waals surface area contributed by atoms with Gasteiger partial charge in [-0.1, -0.05) is 27.7 Å². The molecule has 0 fully saturated rings. The van der Waals surface area contributed by atoms with Gasteiger partial charge in [-0.25, -0.2) is 0 Å². The van der Waals surface area contributed by atoms with Gasteiger partial charge in [-0.05, 0) is 28.0 Å². The van der Waals surface area contributed by atoms with E-state index >= 15 is 0 Å². The summed E-state index contributed by atoms with van der Waals surface area (Å²) in [7, 11) is 0. The van der Waals surface area contributed by atoms with Crippen LogP contribution in [-0.2, 0) is 6.54 Å². The van der Waals surface area contributed by atoms with E-state index in [0.29, 0.717) is 6.04 Å². The molecule has 0 saturated heterocycles. The Balaban J connectivity index is 2.48. The van der Waals surface area contributed by atoms with Crippen molar-refractivity contribution in [3.63, 3.8) is 0 Å². The van der Waals surface area contributed by atoms with Gasteiger partial charge >= 0.3 is 0 Å². The number of nitrogens with one attached hydrogen (secondary N) is 1. The average molecular weight is 321 g/mol. The number of hydrogen-bond donors (Lipinski definition) is 1. The predicted octanol–water partition coefficient (Wildman–Crippen LogP) is 2.51. The summed E-state index contributed by atoms with van der Waals surface area (Å²) in [5.74, 6) is 0. The quantitative estimate of drug-likeness (QED) is 0.845. The summed E-state index contributed by atoms with van der Waals surface area (Å²) in [4.78, 5) is 0. The highest BCUT2D eigenvalue weighted by molar-refractivity contribution is 14.1. The minimum Gasteiger partial charge on any atom is -0.314 e. The van der Waals surface area contributed by atoms with E-state index < -0.39 is 0 Å². The third kappa shape index (κ3) is 4.97. The van der Waals surface area contributed by atoms with E-state index in [1.165, 1.54) is 3.57 Å². The molecule has 0 aliphatic heterocycles. The van der Waals surface area contributed by atoms with Crippen molar-refractivity contribution in [1.82, 2.24) is 15.1 Å². The van der Waals surface area contributed by atoms with Crippen molar-refractivity contribution >= 4 is 22.6 Å². The smallest absolute Gasteiger partial charge is 0.0623 e. The number of aromatic nitrogens is 2. The zero-order valence-electron chi connectivity index (χ0n) is 9.92. The molecule has 0 aromatic carbocycles. The lowest BCUT2D eigenvalue weighted by Crippen LogP contribution is -2.36. The van der Waals surface area contributed by atoms with Crippen LogP contribution in [0.2, 0.25) is 0 Å². The molecule has 0 radical (unpaired) electrons. The number of rotatable bonds is 5. The fourth-order valence-corrected chi connectivity index (χ4v) is 1.85. The van der Waals surface area contributed by atoms with Crippen LogP contribution in [0.4, 0.5) is 0 Å². The maximum absolute atomic E-state index is 4.31. The van der Waals surface area contributed by atoms with Gasteiger partial charge in [0.1, 0.15) is 0 Å². The van der Waals surface area contributed by atoms with Crippen molar-refractivity contribution in [2.45, 2.75) is 40.3 Å². The highest BCUT2D eigenvalue weighted by Crippen LogP contribution is 2.17. The molecular formula is C11H20IN3. The van der Waals surface area contributed by atoms with Crippen LogP contribution in [0.25, 0.3) is 0 Å². The topological polar surface area (TPSA) is 29.9 Å². The molecule has 0 aliphatic carbocycles. The van der Waals surface area contributed by atoms with Gasteiger partial charge in [0.05, 0.1) is 9.77 Å². The third-order valence-corrected chi connectivity index (χ3v) is 2.74. The van der Waals surface area contributed by atoms with Crippen LogP contribution in [0, 0.1) is 8.99 Å². The van der Waals surface area contributed by atoms with Crippen LogP contribution >= 0.6 is 22.6 Å². The molecule has 0 saturated carbocycles. The van der Waals surface area contributed by atoms with Gasteiger partial charge in [0.15, 0.2) is 0 Å². The van der Waals surface area contributed by atoms with Gasteiger partial charge in [-0.15, -0.1) is 0 Å². The Bertz CT molecular complexity index is 305. The first-order valence-electron chi connectivity index (χ1n) is 5.30. The number of hydrogen-bond acceptors (Lipinski definition) is 2. The van der Waals surface area contributed by atoms with Gasteiger partial charge in [-0.3, -0.25) is 4.68 Å². The summed E-state index contributed by atoms with van der Waals surface area (Å²) in [6.45, 7) is 10.8. The minimum absolute atomic E-state index is 0.235. The lowest BCUT2D eigenvalue weighted by atomic mass is 9.93. The van der Waals surface area contributed by atoms with Crippen molar-refractivity contribution in [2.24, 2.45) is 5.41 Å². The molecule has 0 aliphatic rings. The molecule has 3 nitrogen and oxygen atoms in total. The minimum atomic E-state index is 0.235. The molecule has 1 aromatic rings. The summed E-state index contributed by atoms with van der Waals surface area (Å²) in [5, 5.41) is 7.78. The van der Waals surface area contributed by atoms with E-state index in [4.69, 9.17) is 0 Å². The van der Waals surface area contributed by atoms with Crippen molar-refractivity contribution < 1.29 is 0 Å². The van der Waals surface area contributed by atoms with Crippen LogP contribution in [-0.4, -0.2) is 22.4 Å². The maximum atomic E-state index is 4.31. The molecule has 0 unspecified atom stereocenters. The molecule has 1 N–H and O–H groups in total. The molecule has 0 spiro atoms. The maximum Gasteiger partial charge on any atom is 0.0623 e. The first-order chi connectivity index (χ1) is 6.89. The van der Waals surface area contributed by atoms with Crippen LogP contribution < -0.4 is 5.32 Å². The highest BCUT2D eigenvalue weighted by Gasteiger charge is 2.19. The highest BCUT2D eigenvalue weighted by atomic mass is 127. The SMILES string of the molecule is CC(C)NCC(C)(C)Cn1cc(I)cn1. The zero-order valence-corrected chi connectivity index (χ0v) is 12.1. The summed E-state index contributed by atoms with van der Waals surface area (Å²) in [6, 6.07) is 0.544. The average Bonchev–Trinajstić information content (AvgIpc) is 2.47. The van der Waals surface area contributed by atoms with Gasteiger partial charge < -0.3 is 5.32 Å². The van der Waals surface area contributed by atoms with Gasteiger partial charge in [0, 0.05) is 25.3 Å². The van der Waals surface area contributed by atoms with Crippen LogP contribution in [0.3, 0.4) is 0 Å². The molecule has 0 bridgehead atoms. The molecule has 86 valence electrons.